The zero-order chi connectivity index (χ0) is 8.39. The molecule has 0 atom stereocenters. The standard InChI is InChI=1S/C8H6ClN3/c9-7-3-5-11-8(12-7)6-2-1-4-10-6/h1-5,10H. The average Bonchev–Trinajstić information content (AvgIpc) is 2.56. The van der Waals surface area contributed by atoms with Gasteiger partial charge >= 0.3 is 0 Å². The number of hydrogen-bond donors (Lipinski definition) is 1. The summed E-state index contributed by atoms with van der Waals surface area (Å²) >= 11 is 5.70. The van der Waals surface area contributed by atoms with E-state index in [1.54, 1.807) is 12.3 Å². The summed E-state index contributed by atoms with van der Waals surface area (Å²) in [5, 5.41) is 0.453. The van der Waals surface area contributed by atoms with Crippen LogP contribution in [0.25, 0.3) is 11.5 Å². The van der Waals surface area contributed by atoms with Gasteiger partial charge in [-0.15, -0.1) is 0 Å². The van der Waals surface area contributed by atoms with Gasteiger partial charge in [-0.3, -0.25) is 0 Å². The molecule has 0 saturated carbocycles. The Hall–Kier alpha value is -1.35. The Morgan fingerprint density at radius 1 is 1.33 bits per heavy atom. The predicted molar refractivity (Wildman–Crippen MR) is 46.8 cm³/mol. The van der Waals surface area contributed by atoms with Gasteiger partial charge in [0.15, 0.2) is 5.82 Å². The first kappa shape index (κ1) is 7.31. The summed E-state index contributed by atoms with van der Waals surface area (Å²) in [5.74, 6) is 0.618. The first-order valence-electron chi connectivity index (χ1n) is 3.48. The topological polar surface area (TPSA) is 41.6 Å². The minimum Gasteiger partial charge on any atom is -0.359 e. The van der Waals surface area contributed by atoms with Crippen molar-refractivity contribution in [2.75, 3.05) is 0 Å². The molecule has 0 bridgehead atoms. The van der Waals surface area contributed by atoms with E-state index in [1.807, 2.05) is 18.3 Å². The van der Waals surface area contributed by atoms with Crippen molar-refractivity contribution >= 4 is 11.6 Å². The fourth-order valence-corrected chi connectivity index (χ4v) is 1.07. The van der Waals surface area contributed by atoms with Gasteiger partial charge in [-0.25, -0.2) is 9.97 Å². The van der Waals surface area contributed by atoms with Crippen molar-refractivity contribution in [3.63, 3.8) is 0 Å². The van der Waals surface area contributed by atoms with Crippen molar-refractivity contribution in [3.05, 3.63) is 35.7 Å². The molecule has 0 radical (unpaired) electrons. The van der Waals surface area contributed by atoms with Crippen LogP contribution in [0.2, 0.25) is 5.15 Å². The van der Waals surface area contributed by atoms with E-state index < -0.39 is 0 Å². The lowest BCUT2D eigenvalue weighted by Crippen LogP contribution is -1.87. The largest absolute Gasteiger partial charge is 0.359 e. The van der Waals surface area contributed by atoms with Gasteiger partial charge in [0.25, 0.3) is 0 Å². The molecule has 2 rings (SSSR count). The Bertz CT molecular complexity index is 370. The average molecular weight is 180 g/mol. The molecule has 0 amide bonds. The molecule has 60 valence electrons. The third kappa shape index (κ3) is 1.31. The molecule has 2 heterocycles. The van der Waals surface area contributed by atoms with Crippen molar-refractivity contribution < 1.29 is 0 Å². The molecule has 0 aliphatic rings. The number of halogens is 1. The fourth-order valence-electron chi connectivity index (χ4n) is 0.936. The van der Waals surface area contributed by atoms with E-state index in [0.717, 1.165) is 5.69 Å². The number of aromatic nitrogens is 3. The third-order valence-corrected chi connectivity index (χ3v) is 1.67. The smallest absolute Gasteiger partial charge is 0.177 e. The Morgan fingerprint density at radius 2 is 2.25 bits per heavy atom. The molecule has 0 aliphatic carbocycles. The van der Waals surface area contributed by atoms with Gasteiger partial charge < -0.3 is 4.98 Å². The molecule has 12 heavy (non-hydrogen) atoms. The van der Waals surface area contributed by atoms with Gasteiger partial charge in [-0.1, -0.05) is 11.6 Å². The lowest BCUT2D eigenvalue weighted by molar-refractivity contribution is 1.15. The normalized spacial score (nSPS) is 10.1. The maximum atomic E-state index is 5.70. The second-order valence-corrected chi connectivity index (χ2v) is 2.67. The summed E-state index contributed by atoms with van der Waals surface area (Å²) in [6, 6.07) is 5.43. The third-order valence-electron chi connectivity index (χ3n) is 1.46. The van der Waals surface area contributed by atoms with Crippen molar-refractivity contribution in [1.82, 2.24) is 15.0 Å². The molecule has 2 aromatic rings. The second-order valence-electron chi connectivity index (χ2n) is 2.29. The van der Waals surface area contributed by atoms with E-state index in [4.69, 9.17) is 11.6 Å². The maximum Gasteiger partial charge on any atom is 0.177 e. The van der Waals surface area contributed by atoms with E-state index in [-0.39, 0.29) is 0 Å². The first-order chi connectivity index (χ1) is 5.86. The van der Waals surface area contributed by atoms with Gasteiger partial charge in [-0.05, 0) is 18.2 Å². The van der Waals surface area contributed by atoms with Crippen molar-refractivity contribution in [2.45, 2.75) is 0 Å². The van der Waals surface area contributed by atoms with Crippen LogP contribution in [-0.2, 0) is 0 Å². The first-order valence-corrected chi connectivity index (χ1v) is 3.86. The number of aromatic amines is 1. The number of nitrogens with one attached hydrogen (secondary N) is 1. The molecule has 4 heteroatoms. The monoisotopic (exact) mass is 179 g/mol. The number of hydrogen-bond acceptors (Lipinski definition) is 2. The van der Waals surface area contributed by atoms with Crippen LogP contribution in [0.5, 0.6) is 0 Å². The highest BCUT2D eigenvalue weighted by molar-refractivity contribution is 6.29. The molecule has 1 N–H and O–H groups in total. The highest BCUT2D eigenvalue weighted by Crippen LogP contribution is 2.12. The molecule has 0 spiro atoms. The molecular weight excluding hydrogens is 174 g/mol. The summed E-state index contributed by atoms with van der Waals surface area (Å²) < 4.78 is 0. The molecule has 0 aliphatic heterocycles. The molecule has 0 aromatic carbocycles. The van der Waals surface area contributed by atoms with E-state index in [9.17, 15) is 0 Å². The van der Waals surface area contributed by atoms with Crippen LogP contribution in [-0.4, -0.2) is 15.0 Å². The van der Waals surface area contributed by atoms with Crippen LogP contribution in [0.4, 0.5) is 0 Å². The highest BCUT2D eigenvalue weighted by Gasteiger charge is 2.00. The predicted octanol–water partition coefficient (Wildman–Crippen LogP) is 2.13. The fraction of sp³-hybridized carbons (Fsp3) is 0. The van der Waals surface area contributed by atoms with Gasteiger partial charge in [0, 0.05) is 12.4 Å². The van der Waals surface area contributed by atoms with Crippen LogP contribution in [0.15, 0.2) is 30.6 Å². The SMILES string of the molecule is Clc1ccnc(-c2ccc[nH]2)n1. The Morgan fingerprint density at radius 3 is 2.92 bits per heavy atom. The lowest BCUT2D eigenvalue weighted by atomic mass is 10.4. The van der Waals surface area contributed by atoms with Crippen molar-refractivity contribution in [3.8, 4) is 11.5 Å². The number of rotatable bonds is 1. The number of H-pyrrole nitrogens is 1. The van der Waals surface area contributed by atoms with E-state index in [0.29, 0.717) is 11.0 Å². The van der Waals surface area contributed by atoms with Gasteiger partial charge in [0.2, 0.25) is 0 Å². The van der Waals surface area contributed by atoms with Gasteiger partial charge in [0.05, 0.1) is 5.69 Å². The van der Waals surface area contributed by atoms with Gasteiger partial charge in [-0.2, -0.15) is 0 Å². The Balaban J connectivity index is 2.48. The quantitative estimate of drug-likeness (QED) is 0.682. The van der Waals surface area contributed by atoms with Crippen LogP contribution in [0, 0.1) is 0 Å². The van der Waals surface area contributed by atoms with E-state index >= 15 is 0 Å². The maximum absolute atomic E-state index is 5.70. The second kappa shape index (κ2) is 2.95. The van der Waals surface area contributed by atoms with E-state index in [1.165, 1.54) is 0 Å². The summed E-state index contributed by atoms with van der Waals surface area (Å²) in [4.78, 5) is 11.1. The summed E-state index contributed by atoms with van der Waals surface area (Å²) in [6.07, 6.45) is 3.45. The highest BCUT2D eigenvalue weighted by atomic mass is 35.5. The summed E-state index contributed by atoms with van der Waals surface area (Å²) in [6.45, 7) is 0. The summed E-state index contributed by atoms with van der Waals surface area (Å²) in [5.41, 5.74) is 0.873. The Kier molecular flexibility index (Phi) is 1.80. The minimum atomic E-state index is 0.453. The molecule has 2 aromatic heterocycles. The number of nitrogens with zero attached hydrogens (tertiary/aromatic N) is 2. The van der Waals surface area contributed by atoms with Crippen molar-refractivity contribution in [2.24, 2.45) is 0 Å². The van der Waals surface area contributed by atoms with Crippen LogP contribution < -0.4 is 0 Å². The lowest BCUT2D eigenvalue weighted by Gasteiger charge is -1.94. The zero-order valence-corrected chi connectivity index (χ0v) is 6.92. The van der Waals surface area contributed by atoms with E-state index in [2.05, 4.69) is 15.0 Å². The van der Waals surface area contributed by atoms with Crippen molar-refractivity contribution in [1.29, 1.82) is 0 Å². The molecule has 0 fully saturated rings. The molecular formula is C8H6ClN3. The zero-order valence-electron chi connectivity index (χ0n) is 6.16. The summed E-state index contributed by atoms with van der Waals surface area (Å²) in [7, 11) is 0. The Labute approximate surface area is 74.4 Å². The molecule has 0 saturated heterocycles. The molecule has 0 unspecified atom stereocenters. The van der Waals surface area contributed by atoms with Crippen LogP contribution in [0.3, 0.4) is 0 Å². The van der Waals surface area contributed by atoms with Gasteiger partial charge in [0.1, 0.15) is 5.15 Å². The minimum absolute atomic E-state index is 0.453. The molecule has 3 nitrogen and oxygen atoms in total. The van der Waals surface area contributed by atoms with Crippen LogP contribution in [0.1, 0.15) is 0 Å². The van der Waals surface area contributed by atoms with Crippen LogP contribution >= 0.6 is 11.6 Å².